The maximum atomic E-state index is 13.2. The fraction of sp³-hybridized carbons (Fsp3) is 0.385. The molecule has 0 atom stereocenters. The van der Waals surface area contributed by atoms with E-state index in [4.69, 9.17) is 15.2 Å². The maximum absolute atomic E-state index is 13.2. The van der Waals surface area contributed by atoms with Gasteiger partial charge in [0.05, 0.1) is 13.2 Å². The van der Waals surface area contributed by atoms with Crippen molar-refractivity contribution in [2.24, 2.45) is 5.73 Å². The van der Waals surface area contributed by atoms with Gasteiger partial charge in [-0.25, -0.2) is 4.39 Å². The molecule has 0 bridgehead atoms. The number of halogens is 1. The molecule has 1 aromatic carbocycles. The lowest BCUT2D eigenvalue weighted by molar-refractivity contribution is 0.172. The molecule has 0 saturated heterocycles. The molecule has 17 heavy (non-hydrogen) atoms. The van der Waals surface area contributed by atoms with Crippen LogP contribution in [0.1, 0.15) is 12.0 Å². The highest BCUT2D eigenvalue weighted by Crippen LogP contribution is 2.16. The van der Waals surface area contributed by atoms with Crippen molar-refractivity contribution in [1.29, 1.82) is 0 Å². The molecule has 0 aliphatic rings. The molecular formula is C13H16FNO2. The number of hydrogen-bond acceptors (Lipinski definition) is 3. The minimum Gasteiger partial charge on any atom is -0.493 e. The summed E-state index contributed by atoms with van der Waals surface area (Å²) < 4.78 is 23.5. The summed E-state index contributed by atoms with van der Waals surface area (Å²) in [5.41, 5.74) is 5.82. The van der Waals surface area contributed by atoms with Gasteiger partial charge in [0.15, 0.2) is 0 Å². The Morgan fingerprint density at radius 2 is 2.12 bits per heavy atom. The van der Waals surface area contributed by atoms with E-state index in [1.54, 1.807) is 13.2 Å². The minimum absolute atomic E-state index is 0.251. The molecule has 0 spiro atoms. The van der Waals surface area contributed by atoms with Gasteiger partial charge in [-0.2, -0.15) is 0 Å². The second-order valence-electron chi connectivity index (χ2n) is 3.38. The topological polar surface area (TPSA) is 44.5 Å². The number of nitrogens with two attached hydrogens (primary N) is 1. The average Bonchev–Trinajstić information content (AvgIpc) is 2.31. The third-order valence-electron chi connectivity index (χ3n) is 1.97. The van der Waals surface area contributed by atoms with Crippen molar-refractivity contribution >= 4 is 0 Å². The molecule has 0 amide bonds. The number of hydrogen-bond donors (Lipinski definition) is 1. The van der Waals surface area contributed by atoms with E-state index in [0.717, 1.165) is 6.42 Å². The number of ether oxygens (including phenoxy) is 2. The number of methoxy groups -OCH3 is 1. The molecule has 0 aromatic heterocycles. The second kappa shape index (κ2) is 7.66. The zero-order valence-corrected chi connectivity index (χ0v) is 9.83. The zero-order valence-electron chi connectivity index (χ0n) is 9.83. The Hall–Kier alpha value is -1.57. The lowest BCUT2D eigenvalue weighted by atomic mass is 10.2. The minimum atomic E-state index is -0.365. The van der Waals surface area contributed by atoms with Gasteiger partial charge in [-0.05, 0) is 12.1 Å². The van der Waals surface area contributed by atoms with E-state index in [9.17, 15) is 4.39 Å². The summed E-state index contributed by atoms with van der Waals surface area (Å²) in [4.78, 5) is 0. The van der Waals surface area contributed by atoms with Crippen LogP contribution in [0, 0.1) is 17.7 Å². The molecule has 3 nitrogen and oxygen atoms in total. The van der Waals surface area contributed by atoms with Crippen LogP contribution in [-0.2, 0) is 4.74 Å². The molecule has 1 rings (SSSR count). The predicted molar refractivity (Wildman–Crippen MR) is 64.3 cm³/mol. The van der Waals surface area contributed by atoms with E-state index >= 15 is 0 Å². The summed E-state index contributed by atoms with van der Waals surface area (Å²) in [5, 5.41) is 0. The van der Waals surface area contributed by atoms with Crippen molar-refractivity contribution < 1.29 is 13.9 Å². The first-order chi connectivity index (χ1) is 8.26. The summed E-state index contributed by atoms with van der Waals surface area (Å²) in [5.74, 6) is 5.55. The summed E-state index contributed by atoms with van der Waals surface area (Å²) in [7, 11) is 1.63. The van der Waals surface area contributed by atoms with Gasteiger partial charge in [0.25, 0.3) is 0 Å². The monoisotopic (exact) mass is 237 g/mol. The highest BCUT2D eigenvalue weighted by Gasteiger charge is 2.00. The average molecular weight is 237 g/mol. The number of rotatable bonds is 5. The van der Waals surface area contributed by atoms with Crippen LogP contribution >= 0.6 is 0 Å². The zero-order chi connectivity index (χ0) is 12.5. The molecule has 0 radical (unpaired) electrons. The first-order valence-electron chi connectivity index (χ1n) is 5.37. The Kier molecular flexibility index (Phi) is 6.08. The molecule has 2 N–H and O–H groups in total. The largest absolute Gasteiger partial charge is 0.493 e. The lowest BCUT2D eigenvalue weighted by Crippen LogP contribution is -2.01. The van der Waals surface area contributed by atoms with Crippen LogP contribution in [0.3, 0.4) is 0 Å². The SMILES string of the molecule is COCCCOc1cc(F)cc(C#CCN)c1. The first-order valence-corrected chi connectivity index (χ1v) is 5.37. The van der Waals surface area contributed by atoms with Gasteiger partial charge in [0.2, 0.25) is 0 Å². The highest BCUT2D eigenvalue weighted by molar-refractivity contribution is 5.40. The highest BCUT2D eigenvalue weighted by atomic mass is 19.1. The molecule has 0 saturated carbocycles. The smallest absolute Gasteiger partial charge is 0.128 e. The van der Waals surface area contributed by atoms with Crippen LogP contribution in [0.25, 0.3) is 0 Å². The Bertz CT molecular complexity index is 410. The normalized spacial score (nSPS) is 9.59. The third-order valence-corrected chi connectivity index (χ3v) is 1.97. The van der Waals surface area contributed by atoms with Crippen LogP contribution < -0.4 is 10.5 Å². The van der Waals surface area contributed by atoms with Gasteiger partial charge >= 0.3 is 0 Å². The molecular weight excluding hydrogens is 221 g/mol. The van der Waals surface area contributed by atoms with Crippen LogP contribution in [-0.4, -0.2) is 26.9 Å². The Morgan fingerprint density at radius 1 is 1.29 bits per heavy atom. The van der Waals surface area contributed by atoms with Gasteiger partial charge in [-0.15, -0.1) is 0 Å². The second-order valence-corrected chi connectivity index (χ2v) is 3.38. The molecule has 0 heterocycles. The third kappa shape index (κ3) is 5.34. The Labute approximate surface area is 101 Å². The molecule has 0 aliphatic heterocycles. The molecule has 4 heteroatoms. The van der Waals surface area contributed by atoms with Crippen molar-refractivity contribution in [3.63, 3.8) is 0 Å². The van der Waals surface area contributed by atoms with Gasteiger partial charge in [-0.1, -0.05) is 11.8 Å². The summed E-state index contributed by atoms with van der Waals surface area (Å²) >= 11 is 0. The van der Waals surface area contributed by atoms with Gasteiger partial charge in [-0.3, -0.25) is 0 Å². The maximum Gasteiger partial charge on any atom is 0.128 e. The van der Waals surface area contributed by atoms with Gasteiger partial charge in [0.1, 0.15) is 11.6 Å². The van der Waals surface area contributed by atoms with E-state index in [-0.39, 0.29) is 12.4 Å². The van der Waals surface area contributed by atoms with E-state index < -0.39 is 0 Å². The Morgan fingerprint density at radius 3 is 2.82 bits per heavy atom. The molecule has 0 fully saturated rings. The molecule has 0 aliphatic carbocycles. The van der Waals surface area contributed by atoms with Crippen LogP contribution in [0.5, 0.6) is 5.75 Å². The van der Waals surface area contributed by atoms with Crippen molar-refractivity contribution in [3.8, 4) is 17.6 Å². The summed E-state index contributed by atoms with van der Waals surface area (Å²) in [6.07, 6.45) is 0.761. The quantitative estimate of drug-likeness (QED) is 0.624. The van der Waals surface area contributed by atoms with Crippen LogP contribution in [0.4, 0.5) is 4.39 Å². The first kappa shape index (κ1) is 13.5. The molecule has 1 aromatic rings. The Balaban J connectivity index is 2.62. The van der Waals surface area contributed by atoms with E-state index in [1.807, 2.05) is 0 Å². The van der Waals surface area contributed by atoms with Crippen LogP contribution in [0.15, 0.2) is 18.2 Å². The van der Waals surface area contributed by atoms with Gasteiger partial charge < -0.3 is 15.2 Å². The van der Waals surface area contributed by atoms with E-state index in [1.165, 1.54) is 12.1 Å². The van der Waals surface area contributed by atoms with Crippen molar-refractivity contribution in [2.75, 3.05) is 26.9 Å². The fourth-order valence-corrected chi connectivity index (χ4v) is 1.26. The van der Waals surface area contributed by atoms with Crippen molar-refractivity contribution in [3.05, 3.63) is 29.6 Å². The van der Waals surface area contributed by atoms with Crippen LogP contribution in [0.2, 0.25) is 0 Å². The summed E-state index contributed by atoms with van der Waals surface area (Å²) in [6, 6.07) is 4.38. The lowest BCUT2D eigenvalue weighted by Gasteiger charge is -2.06. The number of benzene rings is 1. The van der Waals surface area contributed by atoms with E-state index in [2.05, 4.69) is 11.8 Å². The van der Waals surface area contributed by atoms with Crippen molar-refractivity contribution in [1.82, 2.24) is 0 Å². The fourth-order valence-electron chi connectivity index (χ4n) is 1.26. The predicted octanol–water partition coefficient (Wildman–Crippen LogP) is 1.55. The summed E-state index contributed by atoms with van der Waals surface area (Å²) in [6.45, 7) is 1.36. The standard InChI is InChI=1S/C13H16FNO2/c1-16-6-3-7-17-13-9-11(4-2-5-15)8-12(14)10-13/h8-10H,3,5-7,15H2,1H3. The van der Waals surface area contributed by atoms with Gasteiger partial charge in [0, 0.05) is 31.8 Å². The van der Waals surface area contributed by atoms with Crippen molar-refractivity contribution in [2.45, 2.75) is 6.42 Å². The van der Waals surface area contributed by atoms with E-state index in [0.29, 0.717) is 24.5 Å². The molecule has 0 unspecified atom stereocenters. The molecule has 92 valence electrons.